The maximum atomic E-state index is 4.94. The first-order valence-electron chi connectivity index (χ1n) is 29.4. The van der Waals surface area contributed by atoms with Crippen LogP contribution >= 0.6 is 11.7 Å². The van der Waals surface area contributed by atoms with Crippen LogP contribution in [0.15, 0.2) is 352 Å². The number of nitrogens with zero attached hydrogens (tertiary/aromatic N) is 4. The average Bonchev–Trinajstić information content (AvgIpc) is 3.08. The van der Waals surface area contributed by atoms with Crippen molar-refractivity contribution in [3.05, 3.63) is 396 Å². The molecule has 1 aromatic heterocycles. The third-order valence-corrected chi connectivity index (χ3v) is 16.5. The lowest BCUT2D eigenvalue weighted by molar-refractivity contribution is 1.28. The number of anilines is 6. The van der Waals surface area contributed by atoms with Crippen LogP contribution in [0.4, 0.5) is 34.1 Å². The normalized spacial score (nSPS) is 11.0. The van der Waals surface area contributed by atoms with Crippen LogP contribution in [-0.4, -0.2) is 8.75 Å². The predicted octanol–water partition coefficient (Wildman–Crippen LogP) is 22.0. The molecule has 0 atom stereocenters. The zero-order chi connectivity index (χ0) is 58.1. The summed E-state index contributed by atoms with van der Waals surface area (Å²) in [6.45, 7) is 0. The highest BCUT2D eigenvalue weighted by Crippen LogP contribution is 2.44. The molecular weight excluding hydrogens is 1070 g/mol. The molecule has 14 rings (SSSR count). The van der Waals surface area contributed by atoms with Crippen LogP contribution in [-0.2, 0) is 0 Å². The Morgan fingerprint density at radius 3 is 0.632 bits per heavy atom. The Bertz CT molecular complexity index is 4250. The lowest BCUT2D eigenvalue weighted by Gasteiger charge is -2.26. The molecule has 4 nitrogen and oxygen atoms in total. The highest BCUT2D eigenvalue weighted by atomic mass is 32.1. The van der Waals surface area contributed by atoms with E-state index in [2.05, 4.69) is 362 Å². The van der Waals surface area contributed by atoms with Gasteiger partial charge < -0.3 is 9.80 Å². The van der Waals surface area contributed by atoms with Crippen LogP contribution in [0, 0.1) is 0 Å². The van der Waals surface area contributed by atoms with Crippen molar-refractivity contribution in [1.29, 1.82) is 0 Å². The second-order valence-electron chi connectivity index (χ2n) is 21.3. The number of hydrogen-bond acceptors (Lipinski definition) is 5. The van der Waals surface area contributed by atoms with Crippen molar-refractivity contribution in [2.24, 2.45) is 0 Å². The second-order valence-corrected chi connectivity index (χ2v) is 21.9. The Balaban J connectivity index is 0.772. The second kappa shape index (κ2) is 24.9. The van der Waals surface area contributed by atoms with Crippen LogP contribution < -0.4 is 9.80 Å². The lowest BCUT2D eigenvalue weighted by Crippen LogP contribution is -2.10. The highest BCUT2D eigenvalue weighted by molar-refractivity contribution is 7.00. The fourth-order valence-electron chi connectivity index (χ4n) is 12.0. The Morgan fingerprint density at radius 1 is 0.195 bits per heavy atom. The van der Waals surface area contributed by atoms with Crippen molar-refractivity contribution in [1.82, 2.24) is 8.75 Å². The topological polar surface area (TPSA) is 32.3 Å². The number of benzene rings is 13. The summed E-state index contributed by atoms with van der Waals surface area (Å²) in [7, 11) is 0. The van der Waals surface area contributed by atoms with Gasteiger partial charge in [0.2, 0.25) is 0 Å². The average molecular weight is 1130 g/mol. The standard InChI is InChI=1S/C82H58N4S/c1-9-25-61(26-10-1)77(62-27-11-2-12-28-62)79(65-33-17-5-18-34-65)67-45-53-73(54-46-67)85(69-37-21-7-22-38-69)71-49-41-59(42-50-71)75-57-58-76(82-81(75)83-87-84-82)60-43-51-72(52-44-60)86(70-39-23-8-24-40-70)74-55-47-68(48-56-74)80(66-35-19-6-20-36-66)78(63-29-13-3-14-30-63)64-31-15-4-16-32-64/h1-58H. The largest absolute Gasteiger partial charge is 0.311 e. The molecule has 87 heavy (non-hydrogen) atoms. The number of hydrogen-bond donors (Lipinski definition) is 0. The van der Waals surface area contributed by atoms with Gasteiger partial charge in [0.15, 0.2) is 0 Å². The number of para-hydroxylation sites is 2. The van der Waals surface area contributed by atoms with Gasteiger partial charge in [-0.3, -0.25) is 0 Å². The summed E-state index contributed by atoms with van der Waals surface area (Å²) in [4.78, 5) is 4.65. The minimum Gasteiger partial charge on any atom is -0.311 e. The summed E-state index contributed by atoms with van der Waals surface area (Å²) in [6, 6.07) is 126. The van der Waals surface area contributed by atoms with E-state index in [0.717, 1.165) is 89.7 Å². The van der Waals surface area contributed by atoms with Crippen LogP contribution in [0.1, 0.15) is 44.5 Å². The summed E-state index contributed by atoms with van der Waals surface area (Å²) >= 11 is 1.25. The molecule has 0 saturated heterocycles. The molecule has 0 aliphatic rings. The Morgan fingerprint density at radius 2 is 0.391 bits per heavy atom. The molecule has 0 saturated carbocycles. The molecule has 0 amide bonds. The van der Waals surface area contributed by atoms with Crippen LogP contribution in [0.5, 0.6) is 0 Å². The van der Waals surface area contributed by atoms with E-state index in [1.807, 2.05) is 0 Å². The smallest absolute Gasteiger partial charge is 0.113 e. The van der Waals surface area contributed by atoms with E-state index in [4.69, 9.17) is 8.75 Å². The van der Waals surface area contributed by atoms with E-state index in [1.54, 1.807) is 0 Å². The number of fused-ring (bicyclic) bond motifs is 1. The minimum atomic E-state index is 0.884. The maximum absolute atomic E-state index is 4.94. The van der Waals surface area contributed by atoms with Gasteiger partial charge >= 0.3 is 0 Å². The molecule has 5 heteroatoms. The summed E-state index contributed by atoms with van der Waals surface area (Å²) in [5.74, 6) is 0. The maximum Gasteiger partial charge on any atom is 0.113 e. The summed E-state index contributed by atoms with van der Waals surface area (Å²) in [6.07, 6.45) is 0. The monoisotopic (exact) mass is 1130 g/mol. The van der Waals surface area contributed by atoms with Crippen LogP contribution in [0.25, 0.3) is 55.6 Å². The zero-order valence-electron chi connectivity index (χ0n) is 47.7. The van der Waals surface area contributed by atoms with Crippen LogP contribution in [0.3, 0.4) is 0 Å². The number of aromatic nitrogens is 2. The van der Waals surface area contributed by atoms with E-state index in [1.165, 1.54) is 56.3 Å². The van der Waals surface area contributed by atoms with Gasteiger partial charge in [0.25, 0.3) is 0 Å². The van der Waals surface area contributed by atoms with Crippen molar-refractivity contribution >= 4 is 79.2 Å². The van der Waals surface area contributed by atoms with Gasteiger partial charge in [-0.2, -0.15) is 8.75 Å². The van der Waals surface area contributed by atoms with E-state index in [-0.39, 0.29) is 0 Å². The van der Waals surface area contributed by atoms with Crippen molar-refractivity contribution in [3.8, 4) is 22.3 Å². The highest BCUT2D eigenvalue weighted by Gasteiger charge is 2.22. The fraction of sp³-hybridized carbons (Fsp3) is 0. The molecule has 1 heterocycles. The SMILES string of the molecule is c1ccc(C(=C(c2ccccc2)c2ccc(N(c3ccccc3)c3ccc(-c4ccc(-c5ccc(N(c6ccccc6)c6ccc(C(=C(c7ccccc7)c7ccccc7)c7ccccc7)cc6)cc5)c5nsnc45)cc3)cc2)c2ccccc2)cc1. The summed E-state index contributed by atoms with van der Waals surface area (Å²) in [5, 5.41) is 0. The molecule has 0 spiro atoms. The van der Waals surface area contributed by atoms with Crippen molar-refractivity contribution < 1.29 is 0 Å². The fourth-order valence-corrected chi connectivity index (χ4v) is 12.5. The lowest BCUT2D eigenvalue weighted by atomic mass is 9.86. The molecular formula is C82H58N4S. The van der Waals surface area contributed by atoms with Gasteiger partial charge in [0.1, 0.15) is 11.0 Å². The molecule has 14 aromatic rings. The first kappa shape index (κ1) is 53.7. The van der Waals surface area contributed by atoms with E-state index in [0.29, 0.717) is 0 Å². The molecule has 0 aliphatic heterocycles. The number of rotatable bonds is 16. The third kappa shape index (κ3) is 11.2. The Hall–Kier alpha value is -11.2. The zero-order valence-corrected chi connectivity index (χ0v) is 48.5. The van der Waals surface area contributed by atoms with Crippen molar-refractivity contribution in [3.63, 3.8) is 0 Å². The molecule has 0 bridgehead atoms. The quantitative estimate of drug-likeness (QED) is 0.0903. The predicted molar refractivity (Wildman–Crippen MR) is 366 cm³/mol. The molecule has 412 valence electrons. The van der Waals surface area contributed by atoms with Gasteiger partial charge in [0.05, 0.1) is 11.7 Å². The molecule has 0 fully saturated rings. The molecule has 0 N–H and O–H groups in total. The molecule has 0 aliphatic carbocycles. The van der Waals surface area contributed by atoms with Crippen molar-refractivity contribution in [2.45, 2.75) is 0 Å². The Kier molecular flexibility index (Phi) is 15.4. The van der Waals surface area contributed by atoms with Gasteiger partial charge in [0, 0.05) is 45.3 Å². The third-order valence-electron chi connectivity index (χ3n) is 16.0. The van der Waals surface area contributed by atoms with E-state index < -0.39 is 0 Å². The molecule has 0 unspecified atom stereocenters. The summed E-state index contributed by atoms with van der Waals surface area (Å²) in [5.41, 5.74) is 26.3. The first-order valence-corrected chi connectivity index (χ1v) is 30.1. The first-order chi connectivity index (χ1) is 43.2. The van der Waals surface area contributed by atoms with Crippen LogP contribution in [0.2, 0.25) is 0 Å². The van der Waals surface area contributed by atoms with Gasteiger partial charge in [-0.1, -0.05) is 279 Å². The van der Waals surface area contributed by atoms with Crippen molar-refractivity contribution in [2.75, 3.05) is 9.80 Å². The van der Waals surface area contributed by atoms with Gasteiger partial charge in [-0.15, -0.1) is 0 Å². The summed E-state index contributed by atoms with van der Waals surface area (Å²) < 4.78 is 9.89. The molecule has 0 radical (unpaired) electrons. The van der Waals surface area contributed by atoms with Gasteiger partial charge in [-0.05, 0) is 151 Å². The Labute approximate surface area is 513 Å². The minimum absolute atomic E-state index is 0.884. The van der Waals surface area contributed by atoms with E-state index >= 15 is 0 Å². The van der Waals surface area contributed by atoms with Gasteiger partial charge in [-0.25, -0.2) is 0 Å². The van der Waals surface area contributed by atoms with E-state index in [9.17, 15) is 0 Å². The molecule has 13 aromatic carbocycles.